The highest BCUT2D eigenvalue weighted by Gasteiger charge is 2.21. The van der Waals surface area contributed by atoms with Gasteiger partial charge in [-0.3, -0.25) is 4.98 Å². The highest BCUT2D eigenvalue weighted by atomic mass is 16.5. The summed E-state index contributed by atoms with van der Waals surface area (Å²) in [5, 5.41) is 8.04. The van der Waals surface area contributed by atoms with E-state index in [9.17, 15) is 4.79 Å². The first-order valence-corrected chi connectivity index (χ1v) is 6.70. The van der Waals surface area contributed by atoms with Crippen LogP contribution in [0.3, 0.4) is 0 Å². The number of hydrogen-bond donors (Lipinski definition) is 0. The Hall–Kier alpha value is -2.24. The fraction of sp³-hybridized carbons (Fsp3) is 0.429. The molecule has 6 heteroatoms. The quantitative estimate of drug-likeness (QED) is 0.597. The zero-order chi connectivity index (χ0) is 14.4. The number of aryl methyl sites for hydroxylation is 1. The lowest BCUT2D eigenvalue weighted by Crippen LogP contribution is -2.07. The Kier molecular flexibility index (Phi) is 4.81. The van der Waals surface area contributed by atoms with Crippen molar-refractivity contribution in [3.8, 4) is 11.3 Å². The van der Waals surface area contributed by atoms with E-state index in [0.717, 1.165) is 31.4 Å². The second-order valence-electron chi connectivity index (χ2n) is 4.44. The molecule has 0 saturated carbocycles. The number of methoxy groups -OCH3 is 1. The van der Waals surface area contributed by atoms with Gasteiger partial charge in [-0.05, 0) is 18.6 Å². The van der Waals surface area contributed by atoms with Crippen molar-refractivity contribution in [2.45, 2.75) is 32.7 Å². The number of hydrogen-bond acceptors (Lipinski definition) is 5. The molecule has 0 unspecified atom stereocenters. The van der Waals surface area contributed by atoms with Crippen LogP contribution in [0.5, 0.6) is 0 Å². The number of rotatable bonds is 6. The van der Waals surface area contributed by atoms with Crippen molar-refractivity contribution >= 4 is 5.97 Å². The number of carbonyl (C=O) groups excluding carboxylic acids is 1. The lowest BCUT2D eigenvalue weighted by atomic mass is 10.1. The summed E-state index contributed by atoms with van der Waals surface area (Å²) in [6, 6.07) is 3.67. The van der Waals surface area contributed by atoms with Gasteiger partial charge in [-0.15, -0.1) is 5.10 Å². The first-order chi connectivity index (χ1) is 9.77. The second kappa shape index (κ2) is 6.79. The molecule has 2 aromatic heterocycles. The molecule has 0 aliphatic carbocycles. The van der Waals surface area contributed by atoms with Crippen LogP contribution in [-0.4, -0.2) is 33.1 Å². The van der Waals surface area contributed by atoms with Gasteiger partial charge in [-0.25, -0.2) is 9.48 Å². The molecule has 106 valence electrons. The summed E-state index contributed by atoms with van der Waals surface area (Å²) in [5.41, 5.74) is 1.80. The van der Waals surface area contributed by atoms with Crippen molar-refractivity contribution in [2.75, 3.05) is 7.11 Å². The maximum atomic E-state index is 11.8. The lowest BCUT2D eigenvalue weighted by Gasteiger charge is -2.07. The summed E-state index contributed by atoms with van der Waals surface area (Å²) in [6.45, 7) is 2.88. The monoisotopic (exact) mass is 274 g/mol. The Balaban J connectivity index is 2.38. The molecule has 2 rings (SSSR count). The van der Waals surface area contributed by atoms with Crippen LogP contribution >= 0.6 is 0 Å². The average Bonchev–Trinajstić information content (AvgIpc) is 2.91. The molecule has 0 bridgehead atoms. The number of carbonyl (C=O) groups is 1. The second-order valence-corrected chi connectivity index (χ2v) is 4.44. The molecule has 6 nitrogen and oxygen atoms in total. The summed E-state index contributed by atoms with van der Waals surface area (Å²) in [4.78, 5) is 15.8. The minimum absolute atomic E-state index is 0.246. The van der Waals surface area contributed by atoms with Gasteiger partial charge in [0.25, 0.3) is 0 Å². The fourth-order valence-electron chi connectivity index (χ4n) is 2.01. The molecule has 0 spiro atoms. The molecule has 20 heavy (non-hydrogen) atoms. The van der Waals surface area contributed by atoms with Crippen molar-refractivity contribution in [2.24, 2.45) is 0 Å². The van der Waals surface area contributed by atoms with Gasteiger partial charge in [0.05, 0.1) is 7.11 Å². The smallest absolute Gasteiger partial charge is 0.360 e. The third-order valence-electron chi connectivity index (χ3n) is 3.04. The van der Waals surface area contributed by atoms with E-state index in [4.69, 9.17) is 4.74 Å². The summed E-state index contributed by atoms with van der Waals surface area (Å²) >= 11 is 0. The van der Waals surface area contributed by atoms with Crippen LogP contribution in [0.2, 0.25) is 0 Å². The van der Waals surface area contributed by atoms with E-state index in [0.29, 0.717) is 5.69 Å². The standard InChI is InChI=1S/C14H18N4O2/c1-3-4-5-10-18-13(11-6-8-15-9-7-11)12(16-17-18)14(19)20-2/h6-9H,3-5,10H2,1-2H3. The Morgan fingerprint density at radius 3 is 2.70 bits per heavy atom. The van der Waals surface area contributed by atoms with Gasteiger partial charge < -0.3 is 4.74 Å². The molecule has 2 heterocycles. The largest absolute Gasteiger partial charge is 0.464 e. The summed E-state index contributed by atoms with van der Waals surface area (Å²) in [5.74, 6) is -0.474. The van der Waals surface area contributed by atoms with E-state index >= 15 is 0 Å². The number of pyridine rings is 1. The van der Waals surface area contributed by atoms with Crippen molar-refractivity contribution in [3.63, 3.8) is 0 Å². The van der Waals surface area contributed by atoms with Gasteiger partial charge in [0.2, 0.25) is 0 Å². The summed E-state index contributed by atoms with van der Waals surface area (Å²) in [6.07, 6.45) is 6.60. The fourth-order valence-corrected chi connectivity index (χ4v) is 2.01. The van der Waals surface area contributed by atoms with Crippen molar-refractivity contribution in [3.05, 3.63) is 30.2 Å². The van der Waals surface area contributed by atoms with Gasteiger partial charge in [0, 0.05) is 24.5 Å². The molecule has 0 aromatic carbocycles. The van der Waals surface area contributed by atoms with Crippen LogP contribution < -0.4 is 0 Å². The minimum atomic E-state index is -0.474. The molecule has 0 aliphatic heterocycles. The van der Waals surface area contributed by atoms with E-state index in [2.05, 4.69) is 22.2 Å². The Morgan fingerprint density at radius 1 is 1.30 bits per heavy atom. The SMILES string of the molecule is CCCCCn1nnc(C(=O)OC)c1-c1ccncc1. The van der Waals surface area contributed by atoms with E-state index in [1.165, 1.54) is 7.11 Å². The molecule has 0 amide bonds. The van der Waals surface area contributed by atoms with Gasteiger partial charge in [-0.1, -0.05) is 25.0 Å². The number of unbranched alkanes of at least 4 members (excludes halogenated alkanes) is 2. The molecule has 0 fully saturated rings. The van der Waals surface area contributed by atoms with Crippen LogP contribution in [0, 0.1) is 0 Å². The summed E-state index contributed by atoms with van der Waals surface area (Å²) < 4.78 is 6.53. The van der Waals surface area contributed by atoms with E-state index in [-0.39, 0.29) is 5.69 Å². The Labute approximate surface area is 117 Å². The lowest BCUT2D eigenvalue weighted by molar-refractivity contribution is 0.0595. The Bertz CT molecular complexity index is 566. The zero-order valence-electron chi connectivity index (χ0n) is 11.7. The normalized spacial score (nSPS) is 10.5. The van der Waals surface area contributed by atoms with Crippen LogP contribution in [-0.2, 0) is 11.3 Å². The Morgan fingerprint density at radius 2 is 2.05 bits per heavy atom. The molecule has 0 atom stereocenters. The first kappa shape index (κ1) is 14.2. The minimum Gasteiger partial charge on any atom is -0.464 e. The topological polar surface area (TPSA) is 69.9 Å². The third-order valence-corrected chi connectivity index (χ3v) is 3.04. The van der Waals surface area contributed by atoms with Gasteiger partial charge in [0.15, 0.2) is 5.69 Å². The maximum absolute atomic E-state index is 11.8. The first-order valence-electron chi connectivity index (χ1n) is 6.70. The molecule has 0 aliphatic rings. The molecule has 0 N–H and O–H groups in total. The number of ether oxygens (including phenoxy) is 1. The highest BCUT2D eigenvalue weighted by Crippen LogP contribution is 2.22. The number of esters is 1. The molecular weight excluding hydrogens is 256 g/mol. The molecule has 2 aromatic rings. The van der Waals surface area contributed by atoms with E-state index < -0.39 is 5.97 Å². The van der Waals surface area contributed by atoms with Gasteiger partial charge in [0.1, 0.15) is 5.69 Å². The number of nitrogens with zero attached hydrogens (tertiary/aromatic N) is 4. The maximum Gasteiger partial charge on any atom is 0.360 e. The predicted octanol–water partition coefficient (Wildman–Crippen LogP) is 2.32. The van der Waals surface area contributed by atoms with Crippen LogP contribution in [0.15, 0.2) is 24.5 Å². The van der Waals surface area contributed by atoms with Crippen molar-refractivity contribution in [1.82, 2.24) is 20.0 Å². The summed E-state index contributed by atoms with van der Waals surface area (Å²) in [7, 11) is 1.34. The van der Waals surface area contributed by atoms with E-state index in [1.807, 2.05) is 12.1 Å². The van der Waals surface area contributed by atoms with Crippen LogP contribution in [0.1, 0.15) is 36.7 Å². The number of aromatic nitrogens is 4. The van der Waals surface area contributed by atoms with Crippen LogP contribution in [0.4, 0.5) is 0 Å². The third kappa shape index (κ3) is 3.01. The molecule has 0 saturated heterocycles. The average molecular weight is 274 g/mol. The highest BCUT2D eigenvalue weighted by molar-refractivity contribution is 5.93. The predicted molar refractivity (Wildman–Crippen MR) is 74.1 cm³/mol. The van der Waals surface area contributed by atoms with Crippen molar-refractivity contribution in [1.29, 1.82) is 0 Å². The van der Waals surface area contributed by atoms with Crippen LogP contribution in [0.25, 0.3) is 11.3 Å². The van der Waals surface area contributed by atoms with Gasteiger partial charge >= 0.3 is 5.97 Å². The molecule has 0 radical (unpaired) electrons. The van der Waals surface area contributed by atoms with E-state index in [1.54, 1.807) is 17.1 Å². The van der Waals surface area contributed by atoms with Crippen molar-refractivity contribution < 1.29 is 9.53 Å². The zero-order valence-corrected chi connectivity index (χ0v) is 11.7. The molecular formula is C14H18N4O2. The van der Waals surface area contributed by atoms with Gasteiger partial charge in [-0.2, -0.15) is 0 Å².